The van der Waals surface area contributed by atoms with Crippen LogP contribution < -0.4 is 10.2 Å². The van der Waals surface area contributed by atoms with E-state index in [0.717, 1.165) is 11.4 Å². The Morgan fingerprint density at radius 3 is 2.11 bits per heavy atom. The largest absolute Gasteiger partial charge is 0.478 e. The lowest BCUT2D eigenvalue weighted by Gasteiger charge is -2.19. The Hall–Kier alpha value is -4.49. The van der Waals surface area contributed by atoms with E-state index in [1.807, 2.05) is 24.1 Å². The average Bonchev–Trinajstić information content (AvgIpc) is 2.88. The van der Waals surface area contributed by atoms with Crippen LogP contribution in [0.25, 0.3) is 0 Å². The number of pyridine rings is 1. The van der Waals surface area contributed by atoms with Crippen LogP contribution in [0.2, 0.25) is 5.02 Å². The first kappa shape index (κ1) is 23.7. The summed E-state index contributed by atoms with van der Waals surface area (Å²) in [6.45, 7) is 0. The molecule has 4 rings (SSSR count). The summed E-state index contributed by atoms with van der Waals surface area (Å²) in [5.41, 5.74) is 2.35. The molecule has 0 saturated carbocycles. The van der Waals surface area contributed by atoms with Gasteiger partial charge in [0, 0.05) is 34.6 Å². The Morgan fingerprint density at radius 1 is 0.829 bits per heavy atom. The highest BCUT2D eigenvalue weighted by Gasteiger charge is 2.17. The summed E-state index contributed by atoms with van der Waals surface area (Å²) in [4.78, 5) is 43.4. The third kappa shape index (κ3) is 5.54. The van der Waals surface area contributed by atoms with E-state index >= 15 is 0 Å². The molecule has 1 aromatic heterocycles. The van der Waals surface area contributed by atoms with Crippen LogP contribution in [0.15, 0.2) is 91.1 Å². The molecule has 8 heteroatoms. The number of halogens is 1. The number of hydrogen-bond donors (Lipinski definition) is 2. The predicted octanol–water partition coefficient (Wildman–Crippen LogP) is 5.68. The van der Waals surface area contributed by atoms with E-state index in [1.165, 1.54) is 18.2 Å². The maximum Gasteiger partial charge on any atom is 0.335 e. The summed E-state index contributed by atoms with van der Waals surface area (Å²) in [6.07, 6.45) is 1.56. The molecule has 4 aromatic rings. The Morgan fingerprint density at radius 2 is 1.49 bits per heavy atom. The van der Waals surface area contributed by atoms with Gasteiger partial charge in [-0.2, -0.15) is 0 Å². The molecule has 0 spiro atoms. The number of carboxylic acids is 1. The van der Waals surface area contributed by atoms with Gasteiger partial charge in [-0.1, -0.05) is 29.8 Å². The van der Waals surface area contributed by atoms with Crippen molar-refractivity contribution in [1.82, 2.24) is 4.98 Å². The lowest BCUT2D eigenvalue weighted by atomic mass is 10.0. The van der Waals surface area contributed by atoms with E-state index < -0.39 is 17.7 Å². The van der Waals surface area contributed by atoms with E-state index in [2.05, 4.69) is 10.3 Å². The van der Waals surface area contributed by atoms with Gasteiger partial charge in [-0.15, -0.1) is 0 Å². The van der Waals surface area contributed by atoms with Crippen molar-refractivity contribution in [1.29, 1.82) is 0 Å². The molecular weight excluding hydrogens is 466 g/mol. The van der Waals surface area contributed by atoms with E-state index in [9.17, 15) is 19.5 Å². The van der Waals surface area contributed by atoms with Gasteiger partial charge in [0.25, 0.3) is 5.91 Å². The van der Waals surface area contributed by atoms with Gasteiger partial charge in [-0.05, 0) is 66.7 Å². The number of hydrogen-bond acceptors (Lipinski definition) is 5. The Kier molecular flexibility index (Phi) is 6.89. The number of aromatic nitrogens is 1. The monoisotopic (exact) mass is 485 g/mol. The Bertz CT molecular complexity index is 1390. The number of nitrogens with one attached hydrogen (secondary N) is 1. The van der Waals surface area contributed by atoms with Crippen molar-refractivity contribution in [3.63, 3.8) is 0 Å². The molecule has 1 amide bonds. The number of amides is 1. The topological polar surface area (TPSA) is 99.6 Å². The maximum absolute atomic E-state index is 13.1. The highest BCUT2D eigenvalue weighted by Crippen LogP contribution is 2.25. The van der Waals surface area contributed by atoms with Crippen LogP contribution >= 0.6 is 11.6 Å². The zero-order chi connectivity index (χ0) is 24.9. The zero-order valence-corrected chi connectivity index (χ0v) is 19.4. The molecular formula is C27H20ClN3O4. The zero-order valence-electron chi connectivity index (χ0n) is 18.6. The molecule has 1 heterocycles. The van der Waals surface area contributed by atoms with Crippen LogP contribution in [-0.2, 0) is 0 Å². The average molecular weight is 486 g/mol. The first-order chi connectivity index (χ1) is 16.8. The molecule has 7 nitrogen and oxygen atoms in total. The number of carboxylic acid groups (broad SMARTS) is 1. The minimum Gasteiger partial charge on any atom is -0.478 e. The normalized spacial score (nSPS) is 10.5. The van der Waals surface area contributed by atoms with Gasteiger partial charge < -0.3 is 15.3 Å². The molecule has 0 aliphatic heterocycles. The molecule has 0 aliphatic carbocycles. The summed E-state index contributed by atoms with van der Waals surface area (Å²) in [5, 5.41) is 12.8. The number of ketones is 1. The second-order valence-corrected chi connectivity index (χ2v) is 8.13. The fourth-order valence-electron chi connectivity index (χ4n) is 3.43. The molecule has 0 radical (unpaired) electrons. The van der Waals surface area contributed by atoms with E-state index in [0.29, 0.717) is 10.6 Å². The quantitative estimate of drug-likeness (QED) is 0.326. The molecule has 0 aliphatic rings. The van der Waals surface area contributed by atoms with Crippen molar-refractivity contribution in [3.8, 4) is 0 Å². The summed E-state index contributed by atoms with van der Waals surface area (Å²) in [6, 6.07) is 23.1. The van der Waals surface area contributed by atoms with Crippen molar-refractivity contribution in [2.45, 2.75) is 0 Å². The number of anilines is 3. The first-order valence-corrected chi connectivity index (χ1v) is 10.9. The second-order valence-electron chi connectivity index (χ2n) is 7.69. The molecule has 2 N–H and O–H groups in total. The molecule has 0 atom stereocenters. The SMILES string of the molecule is CN(c1ccc(Cl)cc1)c1ccc(C(=O)c2cc(NC(=O)c3ccccc3)cc(C(=O)O)c2)nc1. The third-order valence-electron chi connectivity index (χ3n) is 5.32. The number of aromatic carboxylic acids is 1. The van der Waals surface area contributed by atoms with Crippen LogP contribution in [-0.4, -0.2) is 34.8 Å². The fraction of sp³-hybridized carbons (Fsp3) is 0.0370. The standard InChI is InChI=1S/C27H20ClN3O4/c1-31(22-9-7-20(28)8-10-22)23-11-12-24(29-16-23)25(32)18-13-19(27(34)35)15-21(14-18)30-26(33)17-5-3-2-4-6-17/h2-16H,1H3,(H,30,33)(H,34,35). The smallest absolute Gasteiger partial charge is 0.335 e. The molecule has 0 saturated heterocycles. The van der Waals surface area contributed by atoms with Crippen LogP contribution in [0.4, 0.5) is 17.1 Å². The maximum atomic E-state index is 13.1. The number of benzene rings is 3. The van der Waals surface area contributed by atoms with Gasteiger partial charge in [0.15, 0.2) is 0 Å². The van der Waals surface area contributed by atoms with E-state index in [-0.39, 0.29) is 22.5 Å². The van der Waals surface area contributed by atoms with Gasteiger partial charge in [0.1, 0.15) is 5.69 Å². The predicted molar refractivity (Wildman–Crippen MR) is 135 cm³/mol. The number of rotatable bonds is 7. The summed E-state index contributed by atoms with van der Waals surface area (Å²) in [5.74, 6) is -2.11. The number of carbonyl (C=O) groups excluding carboxylic acids is 2. The third-order valence-corrected chi connectivity index (χ3v) is 5.57. The summed E-state index contributed by atoms with van der Waals surface area (Å²) in [7, 11) is 1.86. The van der Waals surface area contributed by atoms with Gasteiger partial charge in [0.2, 0.25) is 5.78 Å². The van der Waals surface area contributed by atoms with E-state index in [1.54, 1.807) is 60.8 Å². The second kappa shape index (κ2) is 10.2. The van der Waals surface area contributed by atoms with Crippen molar-refractivity contribution < 1.29 is 19.5 Å². The van der Waals surface area contributed by atoms with Crippen LogP contribution in [0.3, 0.4) is 0 Å². The van der Waals surface area contributed by atoms with Gasteiger partial charge in [0.05, 0.1) is 17.4 Å². The Balaban J connectivity index is 1.59. The van der Waals surface area contributed by atoms with Crippen LogP contribution in [0.5, 0.6) is 0 Å². The lowest BCUT2D eigenvalue weighted by molar-refractivity contribution is 0.0696. The van der Waals surface area contributed by atoms with Gasteiger partial charge >= 0.3 is 5.97 Å². The van der Waals surface area contributed by atoms with Gasteiger partial charge in [-0.25, -0.2) is 4.79 Å². The highest BCUT2D eigenvalue weighted by atomic mass is 35.5. The lowest BCUT2D eigenvalue weighted by Crippen LogP contribution is -2.14. The van der Waals surface area contributed by atoms with E-state index in [4.69, 9.17) is 11.6 Å². The van der Waals surface area contributed by atoms with Crippen molar-refractivity contribution in [2.24, 2.45) is 0 Å². The van der Waals surface area contributed by atoms with Crippen LogP contribution in [0, 0.1) is 0 Å². The molecule has 174 valence electrons. The molecule has 0 unspecified atom stereocenters. The molecule has 0 bridgehead atoms. The number of nitrogens with zero attached hydrogens (tertiary/aromatic N) is 2. The molecule has 3 aromatic carbocycles. The van der Waals surface area contributed by atoms with Crippen LogP contribution in [0.1, 0.15) is 36.8 Å². The Labute approximate surface area is 206 Å². The molecule has 0 fully saturated rings. The van der Waals surface area contributed by atoms with Crippen molar-refractivity contribution in [2.75, 3.05) is 17.3 Å². The first-order valence-electron chi connectivity index (χ1n) is 10.6. The minimum atomic E-state index is -1.22. The van der Waals surface area contributed by atoms with Gasteiger partial charge in [-0.3, -0.25) is 14.6 Å². The minimum absolute atomic E-state index is 0.0968. The number of carbonyl (C=O) groups is 3. The van der Waals surface area contributed by atoms with Crippen molar-refractivity contribution >= 4 is 46.3 Å². The molecule has 35 heavy (non-hydrogen) atoms. The van der Waals surface area contributed by atoms with Crippen molar-refractivity contribution in [3.05, 3.63) is 119 Å². The fourth-order valence-corrected chi connectivity index (χ4v) is 3.55. The summed E-state index contributed by atoms with van der Waals surface area (Å²) < 4.78 is 0. The summed E-state index contributed by atoms with van der Waals surface area (Å²) >= 11 is 5.95. The highest BCUT2D eigenvalue weighted by molar-refractivity contribution is 6.30.